The molecule has 2 aromatic rings. The van der Waals surface area contributed by atoms with Gasteiger partial charge >= 0.3 is 0 Å². The average Bonchev–Trinajstić information content (AvgIpc) is 2.32. The van der Waals surface area contributed by atoms with Crippen LogP contribution in [0.2, 0.25) is 0 Å². The molecule has 1 heterocycles. The molecule has 0 aliphatic carbocycles. The number of aromatic nitrogens is 2. The lowest BCUT2D eigenvalue weighted by atomic mass is 10.1. The molecule has 1 N–H and O–H groups in total. The number of hydrogen-bond acceptors (Lipinski definition) is 3. The molecule has 1 aromatic heterocycles. The molecule has 0 amide bonds. The molecule has 0 unspecified atom stereocenters. The van der Waals surface area contributed by atoms with Crippen molar-refractivity contribution >= 4 is 5.82 Å². The summed E-state index contributed by atoms with van der Waals surface area (Å²) in [5, 5.41) is 3.12. The molecule has 4 heteroatoms. The van der Waals surface area contributed by atoms with Crippen LogP contribution in [0.1, 0.15) is 18.3 Å². The summed E-state index contributed by atoms with van der Waals surface area (Å²) in [6.07, 6.45) is 0. The van der Waals surface area contributed by atoms with Crippen LogP contribution < -0.4 is 5.32 Å². The molecule has 3 nitrogen and oxygen atoms in total. The zero-order valence-corrected chi connectivity index (χ0v) is 10.8. The van der Waals surface area contributed by atoms with Gasteiger partial charge in [0.15, 0.2) is 0 Å². The van der Waals surface area contributed by atoms with E-state index < -0.39 is 0 Å². The molecule has 0 aliphatic rings. The van der Waals surface area contributed by atoms with E-state index in [0.29, 0.717) is 17.1 Å². The summed E-state index contributed by atoms with van der Waals surface area (Å²) in [4.78, 5) is 8.55. The Kier molecular flexibility index (Phi) is 3.55. The second kappa shape index (κ2) is 5.12. The highest BCUT2D eigenvalue weighted by Gasteiger charge is 2.09. The minimum absolute atomic E-state index is 0.263. The first-order chi connectivity index (χ1) is 8.60. The molecule has 0 fully saturated rings. The summed E-state index contributed by atoms with van der Waals surface area (Å²) in [6.45, 7) is 6.50. The third-order valence-corrected chi connectivity index (χ3v) is 2.59. The van der Waals surface area contributed by atoms with E-state index in [9.17, 15) is 4.39 Å². The lowest BCUT2D eigenvalue weighted by Crippen LogP contribution is -2.03. The standard InChI is InChI=1S/C14H16FN3/c1-4-16-14-8-13(17-10(3)18-14)11-7-9(2)5-6-12(11)15/h5-8H,4H2,1-3H3,(H,16,17,18). The first-order valence-corrected chi connectivity index (χ1v) is 5.96. The van der Waals surface area contributed by atoms with E-state index >= 15 is 0 Å². The maximum absolute atomic E-state index is 13.8. The molecule has 0 bridgehead atoms. The molecule has 0 spiro atoms. The number of halogens is 1. The molecule has 0 saturated heterocycles. The van der Waals surface area contributed by atoms with Gasteiger partial charge in [0.25, 0.3) is 0 Å². The van der Waals surface area contributed by atoms with Crippen LogP contribution in [0.25, 0.3) is 11.3 Å². The lowest BCUT2D eigenvalue weighted by molar-refractivity contribution is 0.630. The summed E-state index contributed by atoms with van der Waals surface area (Å²) in [7, 11) is 0. The van der Waals surface area contributed by atoms with Gasteiger partial charge < -0.3 is 5.32 Å². The second-order valence-corrected chi connectivity index (χ2v) is 4.20. The van der Waals surface area contributed by atoms with Gasteiger partial charge in [0.2, 0.25) is 0 Å². The van der Waals surface area contributed by atoms with Crippen molar-refractivity contribution in [3.8, 4) is 11.3 Å². The monoisotopic (exact) mass is 245 g/mol. The van der Waals surface area contributed by atoms with Gasteiger partial charge in [-0.05, 0) is 32.9 Å². The fraction of sp³-hybridized carbons (Fsp3) is 0.286. The highest BCUT2D eigenvalue weighted by molar-refractivity contribution is 5.64. The Morgan fingerprint density at radius 3 is 2.67 bits per heavy atom. The van der Waals surface area contributed by atoms with Crippen LogP contribution in [0.3, 0.4) is 0 Å². The fourth-order valence-electron chi connectivity index (χ4n) is 1.81. The van der Waals surface area contributed by atoms with Crippen LogP contribution in [-0.4, -0.2) is 16.5 Å². The smallest absolute Gasteiger partial charge is 0.132 e. The van der Waals surface area contributed by atoms with Gasteiger partial charge in [-0.1, -0.05) is 11.6 Å². The van der Waals surface area contributed by atoms with Gasteiger partial charge in [0.05, 0.1) is 5.69 Å². The van der Waals surface area contributed by atoms with Crippen LogP contribution in [0, 0.1) is 19.7 Å². The van der Waals surface area contributed by atoms with Crippen LogP contribution in [0.15, 0.2) is 24.3 Å². The number of aryl methyl sites for hydroxylation is 2. The van der Waals surface area contributed by atoms with E-state index in [4.69, 9.17) is 0 Å². The molecule has 0 atom stereocenters. The summed E-state index contributed by atoms with van der Waals surface area (Å²) < 4.78 is 13.8. The van der Waals surface area contributed by atoms with Gasteiger partial charge in [-0.3, -0.25) is 0 Å². The lowest BCUT2D eigenvalue weighted by Gasteiger charge is -2.08. The van der Waals surface area contributed by atoms with Crippen molar-refractivity contribution in [1.29, 1.82) is 0 Å². The maximum Gasteiger partial charge on any atom is 0.132 e. The quantitative estimate of drug-likeness (QED) is 0.901. The molecular weight excluding hydrogens is 229 g/mol. The van der Waals surface area contributed by atoms with Crippen molar-refractivity contribution < 1.29 is 4.39 Å². The van der Waals surface area contributed by atoms with Crippen LogP contribution in [0.4, 0.5) is 10.2 Å². The predicted octanol–water partition coefficient (Wildman–Crippen LogP) is 3.33. The summed E-state index contributed by atoms with van der Waals surface area (Å²) >= 11 is 0. The zero-order chi connectivity index (χ0) is 13.1. The van der Waals surface area contributed by atoms with E-state index in [2.05, 4.69) is 15.3 Å². The first kappa shape index (κ1) is 12.5. The number of rotatable bonds is 3. The van der Waals surface area contributed by atoms with Crippen LogP contribution in [-0.2, 0) is 0 Å². The second-order valence-electron chi connectivity index (χ2n) is 4.20. The van der Waals surface area contributed by atoms with Crippen LogP contribution >= 0.6 is 0 Å². The normalized spacial score (nSPS) is 10.4. The highest BCUT2D eigenvalue weighted by Crippen LogP contribution is 2.24. The van der Waals surface area contributed by atoms with E-state index in [1.54, 1.807) is 25.1 Å². The van der Waals surface area contributed by atoms with Crippen LogP contribution in [0.5, 0.6) is 0 Å². The predicted molar refractivity (Wildman–Crippen MR) is 71.1 cm³/mol. The van der Waals surface area contributed by atoms with E-state index in [-0.39, 0.29) is 5.82 Å². The Labute approximate surface area is 106 Å². The number of nitrogens with one attached hydrogen (secondary N) is 1. The number of nitrogens with zero attached hydrogens (tertiary/aromatic N) is 2. The van der Waals surface area contributed by atoms with Crippen molar-refractivity contribution in [2.24, 2.45) is 0 Å². The van der Waals surface area contributed by atoms with E-state index in [1.165, 1.54) is 6.07 Å². The molecule has 2 rings (SSSR count). The first-order valence-electron chi connectivity index (χ1n) is 5.96. The van der Waals surface area contributed by atoms with Gasteiger partial charge in [0, 0.05) is 18.2 Å². The largest absolute Gasteiger partial charge is 0.370 e. The number of benzene rings is 1. The van der Waals surface area contributed by atoms with Crippen molar-refractivity contribution in [3.63, 3.8) is 0 Å². The number of anilines is 1. The molecule has 0 aliphatic heterocycles. The van der Waals surface area contributed by atoms with Gasteiger partial charge in [-0.25, -0.2) is 14.4 Å². The minimum Gasteiger partial charge on any atom is -0.370 e. The minimum atomic E-state index is -0.263. The molecule has 18 heavy (non-hydrogen) atoms. The Morgan fingerprint density at radius 1 is 1.17 bits per heavy atom. The van der Waals surface area contributed by atoms with Crippen molar-refractivity contribution in [3.05, 3.63) is 41.5 Å². The SMILES string of the molecule is CCNc1cc(-c2cc(C)ccc2F)nc(C)n1. The van der Waals surface area contributed by atoms with Crippen molar-refractivity contribution in [2.75, 3.05) is 11.9 Å². The zero-order valence-electron chi connectivity index (χ0n) is 10.8. The van der Waals surface area contributed by atoms with Gasteiger partial charge in [-0.15, -0.1) is 0 Å². The molecule has 1 aromatic carbocycles. The van der Waals surface area contributed by atoms with E-state index in [0.717, 1.165) is 17.9 Å². The van der Waals surface area contributed by atoms with E-state index in [1.807, 2.05) is 13.8 Å². The van der Waals surface area contributed by atoms with Gasteiger partial charge in [0.1, 0.15) is 17.5 Å². The maximum atomic E-state index is 13.8. The summed E-state index contributed by atoms with van der Waals surface area (Å²) in [5.41, 5.74) is 2.13. The average molecular weight is 245 g/mol. The summed E-state index contributed by atoms with van der Waals surface area (Å²) in [6, 6.07) is 6.79. The Bertz CT molecular complexity index is 567. The van der Waals surface area contributed by atoms with Crippen molar-refractivity contribution in [2.45, 2.75) is 20.8 Å². The third-order valence-electron chi connectivity index (χ3n) is 2.59. The Balaban J connectivity index is 2.52. The van der Waals surface area contributed by atoms with Crippen molar-refractivity contribution in [1.82, 2.24) is 9.97 Å². The fourth-order valence-corrected chi connectivity index (χ4v) is 1.81. The molecular formula is C14H16FN3. The Hall–Kier alpha value is -1.97. The topological polar surface area (TPSA) is 37.8 Å². The van der Waals surface area contributed by atoms with Gasteiger partial charge in [-0.2, -0.15) is 0 Å². The molecule has 0 radical (unpaired) electrons. The number of hydrogen-bond donors (Lipinski definition) is 1. The molecule has 0 saturated carbocycles. The highest BCUT2D eigenvalue weighted by atomic mass is 19.1. The molecule has 94 valence electrons. The Morgan fingerprint density at radius 2 is 1.94 bits per heavy atom. The summed E-state index contributed by atoms with van der Waals surface area (Å²) in [5.74, 6) is 1.09. The third kappa shape index (κ3) is 2.64.